The van der Waals surface area contributed by atoms with Crippen LogP contribution in [0.1, 0.15) is 50.5 Å². The number of nitrogens with one attached hydrogen (secondary N) is 1. The molecule has 0 unspecified atom stereocenters. The van der Waals surface area contributed by atoms with Crippen molar-refractivity contribution in [1.82, 2.24) is 0 Å². The van der Waals surface area contributed by atoms with Crippen molar-refractivity contribution in [2.75, 3.05) is 5.32 Å². The molecule has 2 N–H and O–H groups in total. The summed E-state index contributed by atoms with van der Waals surface area (Å²) in [5.41, 5.74) is 1.48. The largest absolute Gasteiger partial charge is 0.481 e. The van der Waals surface area contributed by atoms with Gasteiger partial charge in [0.05, 0.1) is 5.41 Å². The quantitative estimate of drug-likeness (QED) is 0.869. The van der Waals surface area contributed by atoms with E-state index in [2.05, 4.69) is 5.32 Å². The van der Waals surface area contributed by atoms with Crippen molar-refractivity contribution in [2.45, 2.75) is 56.4 Å². The molecule has 1 aromatic rings. The number of benzene rings is 1. The van der Waals surface area contributed by atoms with Gasteiger partial charge in [-0.05, 0) is 43.4 Å². The molecule has 2 aliphatic rings. The van der Waals surface area contributed by atoms with Crippen molar-refractivity contribution in [1.29, 1.82) is 0 Å². The Bertz CT molecular complexity index is 456. The Morgan fingerprint density at radius 2 is 1.74 bits per heavy atom. The fourth-order valence-corrected chi connectivity index (χ4v) is 3.35. The average molecular weight is 259 g/mol. The Labute approximate surface area is 114 Å². The number of carbonyl (C=O) groups is 1. The van der Waals surface area contributed by atoms with Gasteiger partial charge in [-0.15, -0.1) is 0 Å². The molecular formula is C16H21NO2. The summed E-state index contributed by atoms with van der Waals surface area (Å²) in [7, 11) is 0. The van der Waals surface area contributed by atoms with Gasteiger partial charge in [-0.3, -0.25) is 4.79 Å². The molecule has 19 heavy (non-hydrogen) atoms. The lowest BCUT2D eigenvalue weighted by molar-refractivity contribution is -0.147. The van der Waals surface area contributed by atoms with Crippen molar-refractivity contribution < 1.29 is 9.90 Å². The summed E-state index contributed by atoms with van der Waals surface area (Å²) in [6.45, 7) is 0. The lowest BCUT2D eigenvalue weighted by Crippen LogP contribution is -2.42. The van der Waals surface area contributed by atoms with Gasteiger partial charge in [-0.1, -0.05) is 31.4 Å². The molecule has 3 heteroatoms. The second-order valence-corrected chi connectivity index (χ2v) is 5.94. The Balaban J connectivity index is 1.73. The molecule has 2 saturated carbocycles. The molecule has 2 fully saturated rings. The Kier molecular flexibility index (Phi) is 3.21. The number of rotatable bonds is 4. The first-order valence-corrected chi connectivity index (χ1v) is 7.31. The van der Waals surface area contributed by atoms with Gasteiger partial charge in [0.1, 0.15) is 0 Å². The summed E-state index contributed by atoms with van der Waals surface area (Å²) < 4.78 is 0. The van der Waals surface area contributed by atoms with Crippen LogP contribution in [0.15, 0.2) is 24.3 Å². The van der Waals surface area contributed by atoms with E-state index in [1.165, 1.54) is 25.7 Å². The highest BCUT2D eigenvalue weighted by molar-refractivity contribution is 5.82. The second kappa shape index (κ2) is 4.87. The van der Waals surface area contributed by atoms with E-state index in [1.807, 2.05) is 24.3 Å². The predicted molar refractivity (Wildman–Crippen MR) is 75.5 cm³/mol. The van der Waals surface area contributed by atoms with Crippen LogP contribution in [0.2, 0.25) is 0 Å². The van der Waals surface area contributed by atoms with Gasteiger partial charge in [0.15, 0.2) is 0 Å². The first-order chi connectivity index (χ1) is 9.21. The highest BCUT2D eigenvalue weighted by atomic mass is 16.4. The lowest BCUT2D eigenvalue weighted by Gasteiger charge is -2.38. The maximum Gasteiger partial charge on any atom is 0.314 e. The number of anilines is 1. The van der Waals surface area contributed by atoms with Gasteiger partial charge in [-0.25, -0.2) is 0 Å². The minimum Gasteiger partial charge on any atom is -0.481 e. The van der Waals surface area contributed by atoms with E-state index in [4.69, 9.17) is 0 Å². The van der Waals surface area contributed by atoms with E-state index in [0.717, 1.165) is 30.5 Å². The topological polar surface area (TPSA) is 49.3 Å². The molecule has 0 spiro atoms. The monoisotopic (exact) mass is 259 g/mol. The normalized spacial score (nSPS) is 21.9. The third-order valence-corrected chi connectivity index (χ3v) is 4.78. The maximum atomic E-state index is 11.5. The molecule has 0 radical (unpaired) electrons. The third kappa shape index (κ3) is 2.22. The number of hydrogen-bond acceptors (Lipinski definition) is 2. The highest BCUT2D eigenvalue weighted by Gasteiger charge is 2.45. The molecule has 0 saturated heterocycles. The SMILES string of the molecule is O=C(O)C1(c2ccc(NC3CCCC3)cc2)CCC1. The van der Waals surface area contributed by atoms with Crippen LogP contribution in [0.25, 0.3) is 0 Å². The fraction of sp³-hybridized carbons (Fsp3) is 0.562. The summed E-state index contributed by atoms with van der Waals surface area (Å²) in [6.07, 6.45) is 7.71. The van der Waals surface area contributed by atoms with Crippen molar-refractivity contribution in [3.8, 4) is 0 Å². The molecule has 0 aromatic heterocycles. The maximum absolute atomic E-state index is 11.5. The van der Waals surface area contributed by atoms with E-state index in [-0.39, 0.29) is 0 Å². The van der Waals surface area contributed by atoms with Crippen LogP contribution in [-0.4, -0.2) is 17.1 Å². The van der Waals surface area contributed by atoms with E-state index in [0.29, 0.717) is 6.04 Å². The zero-order valence-corrected chi connectivity index (χ0v) is 11.2. The van der Waals surface area contributed by atoms with Crippen LogP contribution in [0, 0.1) is 0 Å². The molecule has 3 rings (SSSR count). The summed E-state index contributed by atoms with van der Waals surface area (Å²) in [5, 5.41) is 13.0. The summed E-state index contributed by atoms with van der Waals surface area (Å²) in [4.78, 5) is 11.5. The molecular weight excluding hydrogens is 238 g/mol. The predicted octanol–water partition coefficient (Wildman–Crippen LogP) is 3.55. The molecule has 0 bridgehead atoms. The minimum absolute atomic E-state index is 0.600. The van der Waals surface area contributed by atoms with Gasteiger partial charge < -0.3 is 10.4 Å². The van der Waals surface area contributed by atoms with Gasteiger partial charge >= 0.3 is 5.97 Å². The Morgan fingerprint density at radius 1 is 1.11 bits per heavy atom. The number of aliphatic carboxylic acids is 1. The van der Waals surface area contributed by atoms with E-state index >= 15 is 0 Å². The van der Waals surface area contributed by atoms with Crippen LogP contribution in [0.3, 0.4) is 0 Å². The van der Waals surface area contributed by atoms with E-state index in [1.54, 1.807) is 0 Å². The number of carboxylic acid groups (broad SMARTS) is 1. The molecule has 102 valence electrons. The van der Waals surface area contributed by atoms with Gasteiger partial charge in [0.25, 0.3) is 0 Å². The highest BCUT2D eigenvalue weighted by Crippen LogP contribution is 2.44. The van der Waals surface area contributed by atoms with Crippen LogP contribution in [-0.2, 0) is 10.2 Å². The third-order valence-electron chi connectivity index (χ3n) is 4.78. The number of hydrogen-bond donors (Lipinski definition) is 2. The van der Waals surface area contributed by atoms with Gasteiger partial charge in [0.2, 0.25) is 0 Å². The summed E-state index contributed by atoms with van der Waals surface area (Å²) in [6, 6.07) is 8.66. The van der Waals surface area contributed by atoms with Crippen LogP contribution in [0.5, 0.6) is 0 Å². The van der Waals surface area contributed by atoms with E-state index < -0.39 is 11.4 Å². The zero-order valence-electron chi connectivity index (χ0n) is 11.2. The molecule has 0 heterocycles. The fourth-order valence-electron chi connectivity index (χ4n) is 3.35. The van der Waals surface area contributed by atoms with Crippen molar-refractivity contribution in [3.63, 3.8) is 0 Å². The van der Waals surface area contributed by atoms with Gasteiger partial charge in [0, 0.05) is 11.7 Å². The summed E-state index contributed by atoms with van der Waals surface area (Å²) in [5.74, 6) is -0.671. The standard InChI is InChI=1S/C16H21NO2/c18-15(19)16(10-3-11-16)12-6-8-14(9-7-12)17-13-4-1-2-5-13/h6-9,13,17H,1-5,10-11H2,(H,18,19). The number of carboxylic acids is 1. The smallest absolute Gasteiger partial charge is 0.314 e. The molecule has 1 aromatic carbocycles. The minimum atomic E-state index is -0.671. The first kappa shape index (κ1) is 12.5. The van der Waals surface area contributed by atoms with Crippen LogP contribution in [0.4, 0.5) is 5.69 Å². The van der Waals surface area contributed by atoms with E-state index in [9.17, 15) is 9.90 Å². The van der Waals surface area contributed by atoms with Crippen molar-refractivity contribution in [3.05, 3.63) is 29.8 Å². The lowest BCUT2D eigenvalue weighted by atomic mass is 9.64. The van der Waals surface area contributed by atoms with Gasteiger partial charge in [-0.2, -0.15) is 0 Å². The molecule has 3 nitrogen and oxygen atoms in total. The summed E-state index contributed by atoms with van der Waals surface area (Å²) >= 11 is 0. The Hall–Kier alpha value is -1.51. The first-order valence-electron chi connectivity index (χ1n) is 7.31. The molecule has 2 aliphatic carbocycles. The van der Waals surface area contributed by atoms with Crippen LogP contribution >= 0.6 is 0 Å². The molecule has 0 atom stereocenters. The van der Waals surface area contributed by atoms with Crippen molar-refractivity contribution in [2.24, 2.45) is 0 Å². The average Bonchev–Trinajstić information content (AvgIpc) is 2.82. The van der Waals surface area contributed by atoms with Crippen molar-refractivity contribution >= 4 is 11.7 Å². The zero-order chi connectivity index (χ0) is 13.3. The molecule has 0 amide bonds. The van der Waals surface area contributed by atoms with Crippen LogP contribution < -0.4 is 5.32 Å². The second-order valence-electron chi connectivity index (χ2n) is 5.94. The molecule has 0 aliphatic heterocycles. The Morgan fingerprint density at radius 3 is 2.21 bits per heavy atom.